The molecule has 0 aliphatic carbocycles. The summed E-state index contributed by atoms with van der Waals surface area (Å²) in [5.41, 5.74) is 2.12. The van der Waals surface area contributed by atoms with Gasteiger partial charge in [0.25, 0.3) is 0 Å². The molecule has 0 aliphatic rings. The highest BCUT2D eigenvalue weighted by molar-refractivity contribution is 7.15. The molecule has 3 rings (SSSR count). The summed E-state index contributed by atoms with van der Waals surface area (Å²) in [5.74, 6) is 0. The van der Waals surface area contributed by atoms with Gasteiger partial charge in [0.05, 0.1) is 0 Å². The molecule has 0 saturated heterocycles. The zero-order chi connectivity index (χ0) is 11.0. The third-order valence-electron chi connectivity index (χ3n) is 2.35. The van der Waals surface area contributed by atoms with Crippen LogP contribution in [0.15, 0.2) is 36.1 Å². The second-order valence-corrected chi connectivity index (χ2v) is 4.13. The van der Waals surface area contributed by atoms with Gasteiger partial charge in [-0.1, -0.05) is 0 Å². The van der Waals surface area contributed by atoms with Crippen LogP contribution in [-0.4, -0.2) is 20.7 Å². The number of fused-ring (bicyclic) bond motifs is 1. The normalized spacial score (nSPS) is 10.8. The minimum atomic E-state index is 0.573. The summed E-state index contributed by atoms with van der Waals surface area (Å²) in [5, 5.41) is 1.91. The molecule has 0 atom stereocenters. The minimum Gasteiger partial charge on any atom is -0.296 e. The Labute approximate surface area is 95.2 Å². The van der Waals surface area contributed by atoms with E-state index < -0.39 is 0 Å². The van der Waals surface area contributed by atoms with Gasteiger partial charge in [0.1, 0.15) is 11.4 Å². The number of imidazole rings is 1. The largest absolute Gasteiger partial charge is 0.296 e. The zero-order valence-electron chi connectivity index (χ0n) is 8.20. The molecule has 0 amide bonds. The van der Waals surface area contributed by atoms with Crippen molar-refractivity contribution in [1.29, 1.82) is 0 Å². The van der Waals surface area contributed by atoms with Gasteiger partial charge in [0.15, 0.2) is 11.2 Å². The van der Waals surface area contributed by atoms with Crippen molar-refractivity contribution in [2.24, 2.45) is 0 Å². The Hall–Kier alpha value is -2.01. The number of hydrogen-bond donors (Lipinski definition) is 0. The average Bonchev–Trinajstić information content (AvgIpc) is 2.89. The van der Waals surface area contributed by atoms with Gasteiger partial charge < -0.3 is 0 Å². The first-order valence-electron chi connectivity index (χ1n) is 4.71. The molecule has 0 aliphatic heterocycles. The van der Waals surface area contributed by atoms with E-state index in [9.17, 15) is 4.79 Å². The molecule has 0 fully saturated rings. The molecule has 5 heteroatoms. The van der Waals surface area contributed by atoms with Crippen molar-refractivity contribution < 1.29 is 4.79 Å². The van der Waals surface area contributed by atoms with Gasteiger partial charge in [-0.15, -0.1) is 11.3 Å². The van der Waals surface area contributed by atoms with Crippen LogP contribution >= 0.6 is 11.3 Å². The fourth-order valence-corrected chi connectivity index (χ4v) is 2.35. The lowest BCUT2D eigenvalue weighted by molar-refractivity contribution is 0.111. The van der Waals surface area contributed by atoms with Crippen LogP contribution in [0, 0.1) is 0 Å². The number of aldehydes is 1. The summed E-state index contributed by atoms with van der Waals surface area (Å²) in [7, 11) is 0. The van der Waals surface area contributed by atoms with Crippen molar-refractivity contribution in [2.45, 2.75) is 0 Å². The molecule has 3 aromatic rings. The molecule has 0 radical (unpaired) electrons. The average molecular weight is 229 g/mol. The van der Waals surface area contributed by atoms with Crippen LogP contribution in [0.4, 0.5) is 0 Å². The van der Waals surface area contributed by atoms with Crippen molar-refractivity contribution in [2.75, 3.05) is 0 Å². The smallest absolute Gasteiger partial charge is 0.194 e. The Morgan fingerprint density at radius 3 is 3.12 bits per heavy atom. The highest BCUT2D eigenvalue weighted by Crippen LogP contribution is 2.24. The maximum atomic E-state index is 11.1. The summed E-state index contributed by atoms with van der Waals surface area (Å²) in [4.78, 5) is 20.4. The first kappa shape index (κ1) is 9.23. The molecule has 3 heterocycles. The van der Waals surface area contributed by atoms with Crippen molar-refractivity contribution in [3.05, 3.63) is 41.8 Å². The quantitative estimate of drug-likeness (QED) is 0.633. The van der Waals surface area contributed by atoms with Crippen molar-refractivity contribution >= 4 is 22.6 Å². The van der Waals surface area contributed by atoms with E-state index >= 15 is 0 Å². The molecule has 0 saturated carbocycles. The summed E-state index contributed by atoms with van der Waals surface area (Å²) in [6.07, 6.45) is 6.08. The van der Waals surface area contributed by atoms with E-state index in [2.05, 4.69) is 9.97 Å². The standard InChI is InChI=1S/C11H7N3OS/c15-7-9-10(8-2-1-3-12-6-8)13-11-14(9)4-5-16-11/h1-7H. The molecular formula is C11H7N3OS. The number of hydrogen-bond acceptors (Lipinski definition) is 4. The van der Waals surface area contributed by atoms with E-state index in [0.717, 1.165) is 16.8 Å². The topological polar surface area (TPSA) is 47.3 Å². The van der Waals surface area contributed by atoms with Gasteiger partial charge in [-0.05, 0) is 12.1 Å². The Morgan fingerprint density at radius 2 is 2.38 bits per heavy atom. The van der Waals surface area contributed by atoms with E-state index in [1.165, 1.54) is 11.3 Å². The molecule has 0 bridgehead atoms. The molecule has 78 valence electrons. The van der Waals surface area contributed by atoms with Crippen LogP contribution in [0.5, 0.6) is 0 Å². The first-order chi connectivity index (χ1) is 7.90. The van der Waals surface area contributed by atoms with E-state index in [-0.39, 0.29) is 0 Å². The monoisotopic (exact) mass is 229 g/mol. The number of nitrogens with zero attached hydrogens (tertiary/aromatic N) is 3. The van der Waals surface area contributed by atoms with E-state index in [0.29, 0.717) is 11.4 Å². The number of rotatable bonds is 2. The third-order valence-corrected chi connectivity index (χ3v) is 3.10. The Balaban J connectivity index is 2.31. The van der Waals surface area contributed by atoms with Gasteiger partial charge in [0, 0.05) is 29.5 Å². The van der Waals surface area contributed by atoms with Gasteiger partial charge >= 0.3 is 0 Å². The fraction of sp³-hybridized carbons (Fsp3) is 0. The molecule has 4 nitrogen and oxygen atoms in total. The number of carbonyl (C=O) groups excluding carboxylic acids is 1. The minimum absolute atomic E-state index is 0.573. The van der Waals surface area contributed by atoms with Gasteiger partial charge in [-0.3, -0.25) is 14.2 Å². The predicted octanol–water partition coefficient (Wildman–Crippen LogP) is 2.27. The number of aromatic nitrogens is 3. The van der Waals surface area contributed by atoms with Gasteiger partial charge in [-0.25, -0.2) is 4.98 Å². The van der Waals surface area contributed by atoms with Crippen molar-refractivity contribution in [3.8, 4) is 11.3 Å². The van der Waals surface area contributed by atoms with Crippen molar-refractivity contribution in [1.82, 2.24) is 14.4 Å². The highest BCUT2D eigenvalue weighted by atomic mass is 32.1. The third kappa shape index (κ3) is 1.25. The van der Waals surface area contributed by atoms with E-state index in [1.807, 2.05) is 23.7 Å². The summed E-state index contributed by atoms with van der Waals surface area (Å²) in [6, 6.07) is 3.73. The van der Waals surface area contributed by atoms with Crippen LogP contribution in [0.2, 0.25) is 0 Å². The molecule has 0 N–H and O–H groups in total. The number of pyridine rings is 1. The lowest BCUT2D eigenvalue weighted by atomic mass is 10.2. The van der Waals surface area contributed by atoms with Crippen LogP contribution in [0.1, 0.15) is 10.5 Å². The fourth-order valence-electron chi connectivity index (χ4n) is 1.63. The molecule has 0 unspecified atom stereocenters. The lowest BCUT2D eigenvalue weighted by Crippen LogP contribution is -1.90. The van der Waals surface area contributed by atoms with Gasteiger partial charge in [0.2, 0.25) is 0 Å². The lowest BCUT2D eigenvalue weighted by Gasteiger charge is -1.96. The summed E-state index contributed by atoms with van der Waals surface area (Å²) < 4.78 is 1.79. The van der Waals surface area contributed by atoms with E-state index in [1.54, 1.807) is 16.8 Å². The summed E-state index contributed by atoms with van der Waals surface area (Å²) in [6.45, 7) is 0. The molecule has 0 aromatic carbocycles. The second-order valence-electron chi connectivity index (χ2n) is 3.26. The molecule has 3 aromatic heterocycles. The number of thiazole rings is 1. The van der Waals surface area contributed by atoms with Crippen molar-refractivity contribution in [3.63, 3.8) is 0 Å². The SMILES string of the molecule is O=Cc1c(-c2cccnc2)nc2sccn12. The van der Waals surface area contributed by atoms with Crippen LogP contribution in [0.25, 0.3) is 16.2 Å². The van der Waals surface area contributed by atoms with Crippen LogP contribution in [-0.2, 0) is 0 Å². The van der Waals surface area contributed by atoms with Gasteiger partial charge in [-0.2, -0.15) is 0 Å². The Kier molecular flexibility index (Phi) is 2.04. The van der Waals surface area contributed by atoms with Crippen LogP contribution < -0.4 is 0 Å². The first-order valence-corrected chi connectivity index (χ1v) is 5.59. The molecule has 16 heavy (non-hydrogen) atoms. The number of carbonyl (C=O) groups is 1. The van der Waals surface area contributed by atoms with Crippen LogP contribution in [0.3, 0.4) is 0 Å². The predicted molar refractivity (Wildman–Crippen MR) is 61.7 cm³/mol. The molecule has 0 spiro atoms. The second kappa shape index (κ2) is 3.53. The summed E-state index contributed by atoms with van der Waals surface area (Å²) >= 11 is 1.50. The maximum absolute atomic E-state index is 11.1. The highest BCUT2D eigenvalue weighted by Gasteiger charge is 2.13. The molecular weight excluding hydrogens is 222 g/mol. The zero-order valence-corrected chi connectivity index (χ0v) is 9.02. The van der Waals surface area contributed by atoms with E-state index in [4.69, 9.17) is 0 Å². The maximum Gasteiger partial charge on any atom is 0.194 e. The Bertz CT molecular complexity index is 642. The Morgan fingerprint density at radius 1 is 1.44 bits per heavy atom.